The lowest BCUT2D eigenvalue weighted by Gasteiger charge is -2.27. The normalized spacial score (nSPS) is 17.7. The minimum Gasteiger partial charge on any atom is -0.478 e. The number of nitrogens with zero attached hydrogens (tertiary/aromatic N) is 1. The van der Waals surface area contributed by atoms with Gasteiger partial charge < -0.3 is 14.7 Å². The largest absolute Gasteiger partial charge is 0.478 e. The number of halogens is 1. The van der Waals surface area contributed by atoms with Crippen LogP contribution in [0.3, 0.4) is 0 Å². The van der Waals surface area contributed by atoms with E-state index in [1.54, 1.807) is 20.8 Å². The van der Waals surface area contributed by atoms with Crippen LogP contribution in [0.5, 0.6) is 0 Å². The van der Waals surface area contributed by atoms with Gasteiger partial charge in [0.25, 0.3) is 5.91 Å². The van der Waals surface area contributed by atoms with Gasteiger partial charge in [0.05, 0.1) is 11.1 Å². The molecule has 1 N–H and O–H groups in total. The van der Waals surface area contributed by atoms with Crippen molar-refractivity contribution in [2.24, 2.45) is 0 Å². The molecule has 0 spiro atoms. The topological polar surface area (TPSA) is 83.9 Å². The molecular weight excluding hydrogens is 317 g/mol. The molecule has 0 bridgehead atoms. The zero-order valence-electron chi connectivity index (χ0n) is 13.8. The van der Waals surface area contributed by atoms with E-state index in [-0.39, 0.29) is 11.1 Å². The second kappa shape index (κ2) is 6.59. The molecule has 1 aromatic rings. The van der Waals surface area contributed by atoms with Crippen LogP contribution in [0.4, 0.5) is 4.39 Å². The number of likely N-dealkylation sites (tertiary alicyclic amines) is 1. The number of carboxylic acids is 1. The van der Waals surface area contributed by atoms with Gasteiger partial charge in [-0.1, -0.05) is 0 Å². The van der Waals surface area contributed by atoms with E-state index in [1.165, 1.54) is 4.90 Å². The van der Waals surface area contributed by atoms with Crippen LogP contribution in [0.25, 0.3) is 0 Å². The van der Waals surface area contributed by atoms with Crippen LogP contribution in [-0.2, 0) is 9.53 Å². The lowest BCUT2D eigenvalue weighted by atomic mass is 10.1. The zero-order valence-corrected chi connectivity index (χ0v) is 13.8. The summed E-state index contributed by atoms with van der Waals surface area (Å²) in [5, 5.41) is 8.85. The molecule has 0 unspecified atom stereocenters. The standard InChI is InChI=1S/C17H20FNO5/c1-17(2,3)24-16(23)13-5-4-8-19(13)14(20)11-7-6-10(15(21)22)9-12(11)18/h6-7,9,13H,4-5,8H2,1-3H3,(H,21,22)/t13-/m1/s1. The number of ether oxygens (including phenoxy) is 1. The molecule has 130 valence electrons. The number of aromatic carboxylic acids is 1. The molecule has 1 aliphatic rings. The molecule has 6 nitrogen and oxygen atoms in total. The van der Waals surface area contributed by atoms with Gasteiger partial charge in [0.1, 0.15) is 17.5 Å². The van der Waals surface area contributed by atoms with E-state index >= 15 is 0 Å². The van der Waals surface area contributed by atoms with Gasteiger partial charge in [0, 0.05) is 6.54 Å². The molecule has 0 radical (unpaired) electrons. The highest BCUT2D eigenvalue weighted by molar-refractivity contribution is 5.98. The van der Waals surface area contributed by atoms with Gasteiger partial charge >= 0.3 is 11.9 Å². The third kappa shape index (κ3) is 3.90. The number of esters is 1. The molecule has 1 aromatic carbocycles. The number of rotatable bonds is 3. The van der Waals surface area contributed by atoms with Gasteiger partial charge in [-0.05, 0) is 51.8 Å². The van der Waals surface area contributed by atoms with E-state index in [0.29, 0.717) is 19.4 Å². The van der Waals surface area contributed by atoms with Crippen molar-refractivity contribution >= 4 is 17.8 Å². The van der Waals surface area contributed by atoms with Crippen molar-refractivity contribution in [2.75, 3.05) is 6.54 Å². The Bertz CT molecular complexity index is 680. The lowest BCUT2D eigenvalue weighted by molar-refractivity contribution is -0.159. The number of carbonyl (C=O) groups is 3. The van der Waals surface area contributed by atoms with Crippen molar-refractivity contribution in [1.29, 1.82) is 0 Å². The van der Waals surface area contributed by atoms with Crippen molar-refractivity contribution in [3.63, 3.8) is 0 Å². The molecule has 1 aliphatic heterocycles. The number of carbonyl (C=O) groups excluding carboxylic acids is 2. The summed E-state index contributed by atoms with van der Waals surface area (Å²) in [5.74, 6) is -3.36. The smallest absolute Gasteiger partial charge is 0.335 e. The van der Waals surface area contributed by atoms with Crippen molar-refractivity contribution in [1.82, 2.24) is 4.90 Å². The Morgan fingerprint density at radius 3 is 2.50 bits per heavy atom. The Morgan fingerprint density at radius 1 is 1.29 bits per heavy atom. The number of hydrogen-bond donors (Lipinski definition) is 1. The summed E-state index contributed by atoms with van der Waals surface area (Å²) >= 11 is 0. The van der Waals surface area contributed by atoms with Crippen molar-refractivity contribution in [3.8, 4) is 0 Å². The zero-order chi connectivity index (χ0) is 18.1. The summed E-state index contributed by atoms with van der Waals surface area (Å²) in [4.78, 5) is 36.9. The predicted octanol–water partition coefficient (Wildman–Crippen LogP) is 2.47. The highest BCUT2D eigenvalue weighted by Crippen LogP contribution is 2.24. The molecule has 24 heavy (non-hydrogen) atoms. The van der Waals surface area contributed by atoms with Gasteiger partial charge in [-0.15, -0.1) is 0 Å². The van der Waals surface area contributed by atoms with Crippen LogP contribution in [0.15, 0.2) is 18.2 Å². The first kappa shape index (κ1) is 17.9. The second-order valence-corrected chi connectivity index (χ2v) is 6.69. The fourth-order valence-electron chi connectivity index (χ4n) is 2.60. The molecule has 0 aliphatic carbocycles. The Labute approximate surface area is 139 Å². The predicted molar refractivity (Wildman–Crippen MR) is 83.3 cm³/mol. The van der Waals surface area contributed by atoms with E-state index in [1.807, 2.05) is 0 Å². The molecule has 2 rings (SSSR count). The highest BCUT2D eigenvalue weighted by Gasteiger charge is 2.38. The Morgan fingerprint density at radius 2 is 1.96 bits per heavy atom. The molecule has 7 heteroatoms. The first-order chi connectivity index (χ1) is 11.1. The Hall–Kier alpha value is -2.44. The molecule has 1 fully saturated rings. The first-order valence-electron chi connectivity index (χ1n) is 7.67. The SMILES string of the molecule is CC(C)(C)OC(=O)[C@H]1CCCN1C(=O)c1ccc(C(=O)O)cc1F. The summed E-state index contributed by atoms with van der Waals surface area (Å²) < 4.78 is 19.4. The lowest BCUT2D eigenvalue weighted by Crippen LogP contribution is -2.43. The molecular formula is C17H20FNO5. The van der Waals surface area contributed by atoms with E-state index in [2.05, 4.69) is 0 Å². The second-order valence-electron chi connectivity index (χ2n) is 6.69. The van der Waals surface area contributed by atoms with Crippen LogP contribution in [-0.4, -0.2) is 46.0 Å². The van der Waals surface area contributed by atoms with Crippen LogP contribution in [0.2, 0.25) is 0 Å². The quantitative estimate of drug-likeness (QED) is 0.857. The molecule has 1 amide bonds. The minimum absolute atomic E-state index is 0.242. The van der Waals surface area contributed by atoms with Crippen molar-refractivity contribution < 1.29 is 28.6 Å². The fraction of sp³-hybridized carbons (Fsp3) is 0.471. The average molecular weight is 337 g/mol. The molecule has 0 saturated carbocycles. The third-order valence-corrected chi connectivity index (χ3v) is 3.64. The van der Waals surface area contributed by atoms with Gasteiger partial charge in [0.2, 0.25) is 0 Å². The highest BCUT2D eigenvalue weighted by atomic mass is 19.1. The maximum atomic E-state index is 14.1. The number of benzene rings is 1. The Kier molecular flexibility index (Phi) is 4.91. The van der Waals surface area contributed by atoms with Crippen molar-refractivity contribution in [2.45, 2.75) is 45.3 Å². The monoisotopic (exact) mass is 337 g/mol. The molecule has 1 atom stereocenters. The number of carboxylic acid groups (broad SMARTS) is 1. The maximum absolute atomic E-state index is 14.1. The number of hydrogen-bond acceptors (Lipinski definition) is 4. The minimum atomic E-state index is -1.28. The van der Waals surface area contributed by atoms with Crippen LogP contribution >= 0.6 is 0 Å². The summed E-state index contributed by atoms with van der Waals surface area (Å²) in [6.45, 7) is 5.52. The summed E-state index contributed by atoms with van der Waals surface area (Å²) in [6.07, 6.45) is 1.07. The number of amides is 1. The van der Waals surface area contributed by atoms with Crippen LogP contribution in [0, 0.1) is 5.82 Å². The van der Waals surface area contributed by atoms with E-state index in [0.717, 1.165) is 18.2 Å². The Balaban J connectivity index is 2.22. The first-order valence-corrected chi connectivity index (χ1v) is 7.67. The average Bonchev–Trinajstić information content (AvgIpc) is 2.94. The fourth-order valence-corrected chi connectivity index (χ4v) is 2.60. The van der Waals surface area contributed by atoms with Gasteiger partial charge in [-0.25, -0.2) is 14.0 Å². The van der Waals surface area contributed by atoms with E-state index in [4.69, 9.17) is 9.84 Å². The molecule has 1 saturated heterocycles. The molecule has 0 aromatic heterocycles. The molecule has 1 heterocycles. The van der Waals surface area contributed by atoms with Gasteiger partial charge in [-0.3, -0.25) is 4.79 Å². The maximum Gasteiger partial charge on any atom is 0.335 e. The van der Waals surface area contributed by atoms with E-state index in [9.17, 15) is 18.8 Å². The van der Waals surface area contributed by atoms with Gasteiger partial charge in [-0.2, -0.15) is 0 Å². The van der Waals surface area contributed by atoms with Crippen LogP contribution in [0.1, 0.15) is 54.3 Å². The summed E-state index contributed by atoms with van der Waals surface area (Å²) in [6, 6.07) is 2.34. The summed E-state index contributed by atoms with van der Waals surface area (Å²) in [5.41, 5.74) is -1.17. The summed E-state index contributed by atoms with van der Waals surface area (Å²) in [7, 11) is 0. The van der Waals surface area contributed by atoms with Crippen molar-refractivity contribution in [3.05, 3.63) is 35.1 Å². The third-order valence-electron chi connectivity index (χ3n) is 3.64. The van der Waals surface area contributed by atoms with Crippen LogP contribution < -0.4 is 0 Å². The van der Waals surface area contributed by atoms with Gasteiger partial charge in [0.15, 0.2) is 0 Å². The van der Waals surface area contributed by atoms with E-state index < -0.39 is 35.3 Å².